The molecule has 1 saturated heterocycles. The lowest BCUT2D eigenvalue weighted by atomic mass is 9.97. The molecule has 0 aliphatic carbocycles. The van der Waals surface area contributed by atoms with Gasteiger partial charge in [-0.2, -0.15) is 0 Å². The molecule has 1 aliphatic heterocycles. The molecule has 1 amide bonds. The number of aromatic amines is 1. The van der Waals surface area contributed by atoms with Gasteiger partial charge in [-0.15, -0.1) is 0 Å². The number of nitrogens with zero attached hydrogens (tertiary/aromatic N) is 2. The van der Waals surface area contributed by atoms with Crippen LogP contribution >= 0.6 is 0 Å². The Labute approximate surface area is 188 Å². The first-order valence-electron chi connectivity index (χ1n) is 11.5. The highest BCUT2D eigenvalue weighted by atomic mass is 16.5. The highest BCUT2D eigenvalue weighted by molar-refractivity contribution is 5.95. The summed E-state index contributed by atoms with van der Waals surface area (Å²) in [4.78, 5) is 34.8. The highest BCUT2D eigenvalue weighted by Gasteiger charge is 2.27. The summed E-state index contributed by atoms with van der Waals surface area (Å²) in [5, 5.41) is 3.11. The van der Waals surface area contributed by atoms with E-state index >= 15 is 0 Å². The Morgan fingerprint density at radius 1 is 1.34 bits per heavy atom. The lowest BCUT2D eigenvalue weighted by Crippen LogP contribution is -2.39. The van der Waals surface area contributed by atoms with Crippen LogP contribution in [0.3, 0.4) is 0 Å². The van der Waals surface area contributed by atoms with Crippen LogP contribution in [0.2, 0.25) is 0 Å². The van der Waals surface area contributed by atoms with Crippen LogP contribution < -0.4 is 10.9 Å². The topological polar surface area (TPSA) is 89.0 Å². The Morgan fingerprint density at radius 2 is 2.12 bits per heavy atom. The van der Waals surface area contributed by atoms with Gasteiger partial charge in [0.05, 0.1) is 29.7 Å². The van der Waals surface area contributed by atoms with Gasteiger partial charge in [-0.3, -0.25) is 9.59 Å². The van der Waals surface area contributed by atoms with E-state index in [-0.39, 0.29) is 35.1 Å². The summed E-state index contributed by atoms with van der Waals surface area (Å²) in [5.74, 6) is 0.483. The number of hydrogen-bond acceptors (Lipinski definition) is 4. The second-order valence-corrected chi connectivity index (χ2v) is 8.87. The van der Waals surface area contributed by atoms with E-state index in [1.807, 2.05) is 44.2 Å². The molecule has 1 aromatic carbocycles. The summed E-state index contributed by atoms with van der Waals surface area (Å²) in [7, 11) is 0. The average molecular weight is 437 g/mol. The van der Waals surface area contributed by atoms with Gasteiger partial charge in [0.2, 0.25) is 0 Å². The van der Waals surface area contributed by atoms with Crippen molar-refractivity contribution < 1.29 is 9.53 Å². The standard InChI is InChI=1S/C25H32N4O3/c1-5-15(2)22(23-26-19-10-6-7-11-20(19)27-23)28-24(30)21-16(3)13-17(4)29(25(21)31)14-18-9-8-12-32-18/h6-7,10-11,13,15,18,22H,5,8-9,12,14H2,1-4H3,(H,26,27)(H,28,30)/t15-,18+,22-/m0/s1. The number of H-pyrrole nitrogens is 1. The lowest BCUT2D eigenvalue weighted by Gasteiger charge is -2.23. The van der Waals surface area contributed by atoms with Gasteiger partial charge < -0.3 is 19.6 Å². The number of ether oxygens (including phenoxy) is 1. The maximum absolute atomic E-state index is 13.4. The van der Waals surface area contributed by atoms with Crippen LogP contribution in [-0.2, 0) is 11.3 Å². The molecule has 0 spiro atoms. The molecule has 4 rings (SSSR count). The molecule has 0 saturated carbocycles. The summed E-state index contributed by atoms with van der Waals surface area (Å²) in [5.41, 5.74) is 3.24. The Bertz CT molecular complexity index is 1140. The molecule has 3 aromatic rings. The van der Waals surface area contributed by atoms with E-state index in [2.05, 4.69) is 24.1 Å². The van der Waals surface area contributed by atoms with Crippen molar-refractivity contribution in [3.05, 3.63) is 63.3 Å². The monoisotopic (exact) mass is 436 g/mol. The SMILES string of the molecule is CC[C@H](C)[C@H](NC(=O)c1c(C)cc(C)n(C[C@H]2CCCO2)c1=O)c1nc2ccccc2[nH]1. The van der Waals surface area contributed by atoms with E-state index < -0.39 is 0 Å². The van der Waals surface area contributed by atoms with Gasteiger partial charge in [0, 0.05) is 12.3 Å². The van der Waals surface area contributed by atoms with Gasteiger partial charge in [0.25, 0.3) is 11.5 Å². The van der Waals surface area contributed by atoms with E-state index in [0.29, 0.717) is 17.9 Å². The molecule has 32 heavy (non-hydrogen) atoms. The second-order valence-electron chi connectivity index (χ2n) is 8.87. The normalized spacial score (nSPS) is 18.1. The van der Waals surface area contributed by atoms with E-state index in [4.69, 9.17) is 9.72 Å². The fraction of sp³-hybridized carbons (Fsp3) is 0.480. The number of aromatic nitrogens is 3. The number of amides is 1. The molecule has 1 aliphatic rings. The number of nitrogens with one attached hydrogen (secondary N) is 2. The van der Waals surface area contributed by atoms with Gasteiger partial charge >= 0.3 is 0 Å². The van der Waals surface area contributed by atoms with E-state index in [9.17, 15) is 9.59 Å². The number of imidazole rings is 1. The lowest BCUT2D eigenvalue weighted by molar-refractivity contribution is 0.0904. The molecule has 0 bridgehead atoms. The number of para-hydroxylation sites is 2. The first-order chi connectivity index (χ1) is 15.4. The largest absolute Gasteiger partial charge is 0.376 e. The number of benzene rings is 1. The predicted octanol–water partition coefficient (Wildman–Crippen LogP) is 4.04. The second kappa shape index (κ2) is 9.28. The number of hydrogen-bond donors (Lipinski definition) is 2. The first kappa shape index (κ1) is 22.3. The Hall–Kier alpha value is -2.93. The van der Waals surface area contributed by atoms with E-state index in [1.165, 1.54) is 0 Å². The van der Waals surface area contributed by atoms with Crippen molar-refractivity contribution in [3.8, 4) is 0 Å². The zero-order valence-electron chi connectivity index (χ0n) is 19.3. The molecule has 3 atom stereocenters. The smallest absolute Gasteiger partial charge is 0.263 e. The summed E-state index contributed by atoms with van der Waals surface area (Å²) < 4.78 is 7.40. The van der Waals surface area contributed by atoms with E-state index in [0.717, 1.165) is 42.6 Å². The van der Waals surface area contributed by atoms with Gasteiger partial charge in [-0.1, -0.05) is 32.4 Å². The molecular weight excluding hydrogens is 404 g/mol. The molecule has 0 radical (unpaired) electrons. The zero-order valence-corrected chi connectivity index (χ0v) is 19.3. The summed E-state index contributed by atoms with van der Waals surface area (Å²) >= 11 is 0. The average Bonchev–Trinajstić information content (AvgIpc) is 3.43. The Balaban J connectivity index is 1.66. The fourth-order valence-corrected chi connectivity index (χ4v) is 4.47. The molecule has 3 heterocycles. The molecule has 2 N–H and O–H groups in total. The van der Waals surface area contributed by atoms with Crippen molar-refractivity contribution in [2.45, 2.75) is 65.6 Å². The predicted molar refractivity (Wildman–Crippen MR) is 125 cm³/mol. The van der Waals surface area contributed by atoms with Crippen molar-refractivity contribution in [2.24, 2.45) is 5.92 Å². The minimum absolute atomic E-state index is 0.0217. The van der Waals surface area contributed by atoms with Gasteiger partial charge in [0.1, 0.15) is 11.4 Å². The van der Waals surface area contributed by atoms with Crippen LogP contribution in [0, 0.1) is 19.8 Å². The number of carbonyl (C=O) groups excluding carboxylic acids is 1. The Morgan fingerprint density at radius 3 is 2.81 bits per heavy atom. The maximum Gasteiger partial charge on any atom is 0.263 e. The summed E-state index contributed by atoms with van der Waals surface area (Å²) in [6, 6.07) is 9.38. The summed E-state index contributed by atoms with van der Waals surface area (Å²) in [6.45, 7) is 9.09. The molecule has 170 valence electrons. The van der Waals surface area contributed by atoms with Gasteiger partial charge in [-0.05, 0) is 56.4 Å². The highest BCUT2D eigenvalue weighted by Crippen LogP contribution is 2.25. The van der Waals surface area contributed by atoms with Gasteiger partial charge in [-0.25, -0.2) is 4.98 Å². The Kier molecular flexibility index (Phi) is 6.46. The van der Waals surface area contributed by atoms with Crippen molar-refractivity contribution in [1.29, 1.82) is 0 Å². The maximum atomic E-state index is 13.4. The van der Waals surface area contributed by atoms with Crippen LogP contribution in [0.15, 0.2) is 35.1 Å². The van der Waals surface area contributed by atoms with E-state index in [1.54, 1.807) is 4.57 Å². The number of fused-ring (bicyclic) bond motifs is 1. The van der Waals surface area contributed by atoms with Crippen LogP contribution in [0.4, 0.5) is 0 Å². The van der Waals surface area contributed by atoms with Crippen molar-refractivity contribution >= 4 is 16.9 Å². The van der Waals surface area contributed by atoms with Crippen LogP contribution in [0.5, 0.6) is 0 Å². The van der Waals surface area contributed by atoms with Crippen LogP contribution in [-0.4, -0.2) is 33.2 Å². The molecule has 0 unspecified atom stereocenters. The van der Waals surface area contributed by atoms with Crippen LogP contribution in [0.1, 0.15) is 66.6 Å². The third-order valence-corrected chi connectivity index (χ3v) is 6.54. The third kappa shape index (κ3) is 4.35. The number of rotatable bonds is 7. The number of aryl methyl sites for hydroxylation is 2. The minimum atomic E-state index is -0.362. The fourth-order valence-electron chi connectivity index (χ4n) is 4.47. The van der Waals surface area contributed by atoms with Crippen molar-refractivity contribution in [3.63, 3.8) is 0 Å². The minimum Gasteiger partial charge on any atom is -0.376 e. The third-order valence-electron chi connectivity index (χ3n) is 6.54. The first-order valence-corrected chi connectivity index (χ1v) is 11.5. The van der Waals surface area contributed by atoms with Crippen LogP contribution in [0.25, 0.3) is 11.0 Å². The molecule has 7 heteroatoms. The molecule has 1 fully saturated rings. The molecule has 7 nitrogen and oxygen atoms in total. The molecular formula is C25H32N4O3. The quantitative estimate of drug-likeness (QED) is 0.585. The van der Waals surface area contributed by atoms with Crippen molar-refractivity contribution in [1.82, 2.24) is 19.9 Å². The zero-order chi connectivity index (χ0) is 22.8. The van der Waals surface area contributed by atoms with Crippen molar-refractivity contribution in [2.75, 3.05) is 6.61 Å². The molecule has 2 aromatic heterocycles. The number of pyridine rings is 1. The summed E-state index contributed by atoms with van der Waals surface area (Å²) in [6.07, 6.45) is 2.82. The van der Waals surface area contributed by atoms with Gasteiger partial charge in [0.15, 0.2) is 0 Å². The number of carbonyl (C=O) groups is 1.